The van der Waals surface area contributed by atoms with Gasteiger partial charge in [0.1, 0.15) is 5.52 Å². The van der Waals surface area contributed by atoms with Gasteiger partial charge in [0.15, 0.2) is 0 Å². The van der Waals surface area contributed by atoms with E-state index in [1.54, 1.807) is 0 Å². The van der Waals surface area contributed by atoms with Crippen LogP contribution in [0.5, 0.6) is 0 Å². The summed E-state index contributed by atoms with van der Waals surface area (Å²) in [5.74, 6) is -0.653. The summed E-state index contributed by atoms with van der Waals surface area (Å²) < 4.78 is 0. The van der Waals surface area contributed by atoms with Crippen LogP contribution in [0.2, 0.25) is 0 Å². The summed E-state index contributed by atoms with van der Waals surface area (Å²) in [6.45, 7) is 2.27. The van der Waals surface area contributed by atoms with Crippen LogP contribution in [0.3, 0.4) is 0 Å². The van der Waals surface area contributed by atoms with E-state index < -0.39 is 5.97 Å². The molecule has 0 aliphatic heterocycles. The van der Waals surface area contributed by atoms with Gasteiger partial charge >= 0.3 is 5.97 Å². The number of aromatic nitrogens is 3. The van der Waals surface area contributed by atoms with Crippen molar-refractivity contribution in [2.24, 2.45) is 0 Å². The number of carboxylic acids is 1. The molecule has 0 saturated carbocycles. The highest BCUT2D eigenvalue weighted by Crippen LogP contribution is 2.13. The molecule has 164 valence electrons. The molecule has 1 aromatic carbocycles. The first kappa shape index (κ1) is 25.1. The lowest BCUT2D eigenvalue weighted by Crippen LogP contribution is -1.93. The van der Waals surface area contributed by atoms with Gasteiger partial charge in [-0.15, -0.1) is 5.10 Å². The van der Waals surface area contributed by atoms with E-state index in [9.17, 15) is 4.79 Å². The number of hydrogen-bond donors (Lipinski definition) is 2. The lowest BCUT2D eigenvalue weighted by Gasteiger charge is -2.03. The van der Waals surface area contributed by atoms with E-state index in [0.717, 1.165) is 23.9 Å². The highest BCUT2D eigenvalue weighted by atomic mass is 16.4. The predicted molar refractivity (Wildman–Crippen MR) is 121 cm³/mol. The normalized spacial score (nSPS) is 10.7. The van der Waals surface area contributed by atoms with Crippen LogP contribution in [0.25, 0.3) is 11.0 Å². The number of hydrogen-bond acceptors (Lipinski definition) is 3. The van der Waals surface area contributed by atoms with E-state index in [2.05, 4.69) is 22.3 Å². The van der Waals surface area contributed by atoms with Gasteiger partial charge in [-0.2, -0.15) is 0 Å². The lowest BCUT2D eigenvalue weighted by molar-refractivity contribution is -0.137. The second-order valence-electron chi connectivity index (χ2n) is 7.92. The fraction of sp³-hybridized carbons (Fsp3) is 0.708. The Morgan fingerprint density at radius 3 is 1.76 bits per heavy atom. The smallest absolute Gasteiger partial charge is 0.303 e. The predicted octanol–water partition coefficient (Wildman–Crippen LogP) is 7.29. The second kappa shape index (κ2) is 18.1. The SMILES string of the molecule is CCCCCCCCCCCCCCCCCC(=O)O.c1ccc2[nH]nnc2c1. The summed E-state index contributed by atoms with van der Waals surface area (Å²) in [4.78, 5) is 10.3. The number of aliphatic carboxylic acids is 1. The zero-order valence-corrected chi connectivity index (χ0v) is 18.4. The zero-order valence-electron chi connectivity index (χ0n) is 18.4. The van der Waals surface area contributed by atoms with Crippen LogP contribution < -0.4 is 0 Å². The molecular formula is C24H41N3O2. The topological polar surface area (TPSA) is 78.9 Å². The van der Waals surface area contributed by atoms with Crippen LogP contribution in [-0.2, 0) is 4.79 Å². The Morgan fingerprint density at radius 2 is 1.28 bits per heavy atom. The lowest BCUT2D eigenvalue weighted by atomic mass is 10.0. The van der Waals surface area contributed by atoms with Gasteiger partial charge in [-0.1, -0.05) is 114 Å². The maximum atomic E-state index is 10.3. The van der Waals surface area contributed by atoms with E-state index in [4.69, 9.17) is 5.11 Å². The molecule has 0 aliphatic rings. The third-order valence-electron chi connectivity index (χ3n) is 5.23. The number of nitrogens with one attached hydrogen (secondary N) is 1. The van der Waals surface area contributed by atoms with Crippen LogP contribution in [0.1, 0.15) is 110 Å². The van der Waals surface area contributed by atoms with Crippen LogP contribution in [0, 0.1) is 0 Å². The zero-order chi connectivity index (χ0) is 21.0. The van der Waals surface area contributed by atoms with E-state index in [0.29, 0.717) is 6.42 Å². The van der Waals surface area contributed by atoms with Crippen molar-refractivity contribution >= 4 is 17.0 Å². The van der Waals surface area contributed by atoms with Crippen molar-refractivity contribution in [3.8, 4) is 0 Å². The molecule has 5 heteroatoms. The molecular weight excluding hydrogens is 362 g/mol. The monoisotopic (exact) mass is 403 g/mol. The molecule has 0 unspecified atom stereocenters. The second-order valence-corrected chi connectivity index (χ2v) is 7.92. The Hall–Kier alpha value is -1.91. The number of carbonyl (C=O) groups is 1. The summed E-state index contributed by atoms with van der Waals surface area (Å²) >= 11 is 0. The highest BCUT2D eigenvalue weighted by molar-refractivity contribution is 5.72. The first-order valence-corrected chi connectivity index (χ1v) is 11.7. The molecule has 0 aliphatic carbocycles. The maximum absolute atomic E-state index is 10.3. The molecule has 5 nitrogen and oxygen atoms in total. The fourth-order valence-electron chi connectivity index (χ4n) is 3.44. The van der Waals surface area contributed by atoms with Gasteiger partial charge in [0.2, 0.25) is 0 Å². The van der Waals surface area contributed by atoms with Crippen molar-refractivity contribution in [3.63, 3.8) is 0 Å². The molecule has 0 amide bonds. The van der Waals surface area contributed by atoms with Crippen molar-refractivity contribution in [2.75, 3.05) is 0 Å². The standard InChI is InChI=1S/C18H36O2.C6H5N3/c1-2-3-4-5-6-7-8-9-10-11-12-13-14-15-16-17-18(19)20;1-2-4-6-5(3-1)7-9-8-6/h2-17H2,1H3,(H,19,20);1-4H,(H,7,8,9). The van der Waals surface area contributed by atoms with Crippen molar-refractivity contribution in [1.82, 2.24) is 15.4 Å². The average molecular weight is 404 g/mol. The van der Waals surface area contributed by atoms with E-state index in [1.165, 1.54) is 83.5 Å². The minimum Gasteiger partial charge on any atom is -0.481 e. The van der Waals surface area contributed by atoms with Gasteiger partial charge in [-0.05, 0) is 18.6 Å². The molecule has 29 heavy (non-hydrogen) atoms. The fourth-order valence-corrected chi connectivity index (χ4v) is 3.44. The summed E-state index contributed by atoms with van der Waals surface area (Å²) in [5, 5.41) is 18.7. The number of aromatic amines is 1. The van der Waals surface area contributed by atoms with Crippen LogP contribution in [-0.4, -0.2) is 26.5 Å². The number of unbranched alkanes of at least 4 members (excludes halogenated alkanes) is 14. The van der Waals surface area contributed by atoms with Gasteiger partial charge in [-0.25, -0.2) is 0 Å². The quantitative estimate of drug-likeness (QED) is 0.288. The van der Waals surface area contributed by atoms with Gasteiger partial charge in [0.05, 0.1) is 5.52 Å². The molecule has 0 fully saturated rings. The van der Waals surface area contributed by atoms with Gasteiger partial charge in [0.25, 0.3) is 0 Å². The van der Waals surface area contributed by atoms with Crippen LogP contribution in [0.4, 0.5) is 0 Å². The number of para-hydroxylation sites is 1. The molecule has 0 atom stereocenters. The van der Waals surface area contributed by atoms with Crippen molar-refractivity contribution in [2.45, 2.75) is 110 Å². The number of fused-ring (bicyclic) bond motifs is 1. The Labute approximate surface area is 176 Å². The van der Waals surface area contributed by atoms with Crippen molar-refractivity contribution in [1.29, 1.82) is 0 Å². The molecule has 1 aromatic heterocycles. The minimum atomic E-state index is -0.653. The van der Waals surface area contributed by atoms with E-state index >= 15 is 0 Å². The molecule has 0 spiro atoms. The van der Waals surface area contributed by atoms with Gasteiger partial charge in [-0.3, -0.25) is 9.89 Å². The van der Waals surface area contributed by atoms with E-state index in [1.807, 2.05) is 24.3 Å². The number of nitrogens with zero attached hydrogens (tertiary/aromatic N) is 2. The molecule has 2 rings (SSSR count). The first-order valence-electron chi connectivity index (χ1n) is 11.7. The molecule has 1 heterocycles. The third-order valence-corrected chi connectivity index (χ3v) is 5.23. The Kier molecular flexibility index (Phi) is 15.7. The first-order chi connectivity index (χ1) is 14.2. The van der Waals surface area contributed by atoms with Crippen LogP contribution >= 0.6 is 0 Å². The molecule has 2 N–H and O–H groups in total. The summed E-state index contributed by atoms with van der Waals surface area (Å²) in [5.41, 5.74) is 1.90. The Bertz CT molecular complexity index is 597. The molecule has 0 bridgehead atoms. The minimum absolute atomic E-state index is 0.345. The number of carboxylic acid groups (broad SMARTS) is 1. The summed E-state index contributed by atoms with van der Waals surface area (Å²) in [7, 11) is 0. The van der Waals surface area contributed by atoms with Crippen LogP contribution in [0.15, 0.2) is 24.3 Å². The van der Waals surface area contributed by atoms with Gasteiger partial charge in [0, 0.05) is 6.42 Å². The van der Waals surface area contributed by atoms with Gasteiger partial charge < -0.3 is 5.11 Å². The molecule has 2 aromatic rings. The van der Waals surface area contributed by atoms with E-state index in [-0.39, 0.29) is 0 Å². The number of H-pyrrole nitrogens is 1. The highest BCUT2D eigenvalue weighted by Gasteiger charge is 1.97. The van der Waals surface area contributed by atoms with Crippen molar-refractivity contribution < 1.29 is 9.90 Å². The Morgan fingerprint density at radius 1 is 0.793 bits per heavy atom. The third kappa shape index (κ3) is 14.7. The average Bonchev–Trinajstić information content (AvgIpc) is 3.20. The summed E-state index contributed by atoms with van der Waals surface area (Å²) in [6, 6.07) is 7.74. The van der Waals surface area contributed by atoms with Crippen molar-refractivity contribution in [3.05, 3.63) is 24.3 Å². The Balaban J connectivity index is 0.000000379. The molecule has 0 saturated heterocycles. The summed E-state index contributed by atoms with van der Waals surface area (Å²) in [6.07, 6.45) is 20.2. The largest absolute Gasteiger partial charge is 0.481 e. The number of rotatable bonds is 16. The maximum Gasteiger partial charge on any atom is 0.303 e. The number of benzene rings is 1. The molecule has 0 radical (unpaired) electrons.